The predicted octanol–water partition coefficient (Wildman–Crippen LogP) is 2.38. The number of ether oxygens (including phenoxy) is 1. The summed E-state index contributed by atoms with van der Waals surface area (Å²) in [5.74, 6) is 3.31. The first kappa shape index (κ1) is 16.4. The Morgan fingerprint density at radius 3 is 2.58 bits per heavy atom. The van der Waals surface area contributed by atoms with Crippen LogP contribution in [0.2, 0.25) is 0 Å². The molecule has 4 aliphatic carbocycles. The third kappa shape index (κ3) is 2.08. The van der Waals surface area contributed by atoms with Gasteiger partial charge in [0.15, 0.2) is 5.82 Å². The predicted molar refractivity (Wildman–Crippen MR) is 96.2 cm³/mol. The number of carbonyl (C=O) groups is 1. The Balaban J connectivity index is 1.63. The smallest absolute Gasteiger partial charge is 0.350 e. The number of esters is 1. The zero-order chi connectivity index (χ0) is 17.9. The van der Waals surface area contributed by atoms with Crippen molar-refractivity contribution >= 4 is 17.3 Å². The number of thiophene rings is 1. The maximum atomic E-state index is 12.2. The van der Waals surface area contributed by atoms with E-state index in [0.717, 1.165) is 17.7 Å². The van der Waals surface area contributed by atoms with Gasteiger partial charge in [0.05, 0.1) is 18.3 Å². The van der Waals surface area contributed by atoms with Crippen LogP contribution in [-0.4, -0.2) is 40.3 Å². The van der Waals surface area contributed by atoms with Crippen molar-refractivity contribution in [1.29, 1.82) is 0 Å². The third-order valence-corrected chi connectivity index (χ3v) is 7.81. The summed E-state index contributed by atoms with van der Waals surface area (Å²) in [7, 11) is 3.44. The largest absolute Gasteiger partial charge is 0.465 e. The van der Waals surface area contributed by atoms with Crippen LogP contribution in [0, 0.1) is 23.7 Å². The molecular formula is C18H23N5O2S. The fraction of sp³-hybridized carbons (Fsp3) is 0.667. The van der Waals surface area contributed by atoms with Crippen molar-refractivity contribution in [2.45, 2.75) is 37.6 Å². The number of hydrogen-bond donors (Lipinski definition) is 1. The lowest BCUT2D eigenvalue weighted by molar-refractivity contribution is -0.0795. The average molecular weight is 373 g/mol. The zero-order valence-corrected chi connectivity index (χ0v) is 15.8. The van der Waals surface area contributed by atoms with Gasteiger partial charge in [-0.2, -0.15) is 4.68 Å². The average Bonchev–Trinajstić information content (AvgIpc) is 3.30. The van der Waals surface area contributed by atoms with E-state index in [1.807, 2.05) is 18.5 Å². The van der Waals surface area contributed by atoms with E-state index in [9.17, 15) is 4.79 Å². The Bertz CT molecular complexity index is 816. The van der Waals surface area contributed by atoms with Gasteiger partial charge in [-0.15, -0.1) is 16.4 Å². The second-order valence-electron chi connectivity index (χ2n) is 7.96. The first-order valence-corrected chi connectivity index (χ1v) is 10.2. The first-order valence-electron chi connectivity index (χ1n) is 9.31. The highest BCUT2D eigenvalue weighted by Crippen LogP contribution is 2.61. The van der Waals surface area contributed by atoms with E-state index in [4.69, 9.17) is 4.74 Å². The Kier molecular flexibility index (Phi) is 3.69. The van der Waals surface area contributed by atoms with Gasteiger partial charge in [0.2, 0.25) is 0 Å². The molecule has 7 nitrogen and oxygen atoms in total. The van der Waals surface area contributed by atoms with Crippen LogP contribution in [0.4, 0.5) is 0 Å². The van der Waals surface area contributed by atoms with Crippen molar-refractivity contribution in [2.24, 2.45) is 23.7 Å². The van der Waals surface area contributed by atoms with Gasteiger partial charge >= 0.3 is 5.97 Å². The number of rotatable bonds is 4. The van der Waals surface area contributed by atoms with Crippen LogP contribution in [0.15, 0.2) is 11.4 Å². The Hall–Kier alpha value is -1.80. The highest BCUT2D eigenvalue weighted by Gasteiger charge is 2.59. The summed E-state index contributed by atoms with van der Waals surface area (Å²) < 4.78 is 6.70. The van der Waals surface area contributed by atoms with Crippen LogP contribution in [0.1, 0.15) is 47.6 Å². The molecule has 0 aromatic carbocycles. The fourth-order valence-electron chi connectivity index (χ4n) is 6.13. The minimum absolute atomic E-state index is 0.216. The normalized spacial score (nSPS) is 35.0. The highest BCUT2D eigenvalue weighted by atomic mass is 32.1. The molecule has 138 valence electrons. The van der Waals surface area contributed by atoms with E-state index in [0.29, 0.717) is 22.4 Å². The topological polar surface area (TPSA) is 81.9 Å². The highest BCUT2D eigenvalue weighted by molar-refractivity contribution is 7.12. The van der Waals surface area contributed by atoms with Crippen molar-refractivity contribution in [3.05, 3.63) is 22.1 Å². The van der Waals surface area contributed by atoms with Gasteiger partial charge in [-0.3, -0.25) is 0 Å². The summed E-state index contributed by atoms with van der Waals surface area (Å²) >= 11 is 1.36. The molecule has 8 heteroatoms. The summed E-state index contributed by atoms with van der Waals surface area (Å²) in [6, 6.07) is 1.90. The lowest BCUT2D eigenvalue weighted by Gasteiger charge is -2.60. The molecule has 0 radical (unpaired) electrons. The summed E-state index contributed by atoms with van der Waals surface area (Å²) in [6.07, 6.45) is 6.37. The lowest BCUT2D eigenvalue weighted by Crippen LogP contribution is -2.62. The van der Waals surface area contributed by atoms with E-state index < -0.39 is 0 Å². The molecule has 4 aliphatic rings. The quantitative estimate of drug-likeness (QED) is 0.829. The molecule has 0 unspecified atom stereocenters. The number of hydrogen-bond acceptors (Lipinski definition) is 7. The van der Waals surface area contributed by atoms with Crippen molar-refractivity contribution in [3.8, 4) is 5.69 Å². The van der Waals surface area contributed by atoms with Gasteiger partial charge in [-0.1, -0.05) is 0 Å². The molecule has 0 aliphatic heterocycles. The summed E-state index contributed by atoms with van der Waals surface area (Å²) in [6.45, 7) is 0. The molecule has 4 bridgehead atoms. The number of carbonyl (C=O) groups excluding carboxylic acids is 1. The van der Waals surface area contributed by atoms with Crippen LogP contribution in [0.3, 0.4) is 0 Å². The van der Waals surface area contributed by atoms with E-state index in [1.54, 1.807) is 4.68 Å². The number of methoxy groups -OCH3 is 1. The summed E-state index contributed by atoms with van der Waals surface area (Å²) in [5, 5.41) is 18.3. The standard InChI is InChI=1S/C18H23N5O2S/c1-19-18(12-6-10-5-11(8-12)9-13(18)7-10)17-20-21-22-23(17)14-3-4-26-15(14)16(24)25-2/h3-4,10-13,19H,5-9H2,1-2H3. The molecule has 6 rings (SSSR count). The second kappa shape index (κ2) is 5.85. The van der Waals surface area contributed by atoms with Crippen LogP contribution in [-0.2, 0) is 10.3 Å². The number of nitrogens with one attached hydrogen (secondary N) is 1. The van der Waals surface area contributed by atoms with Crippen molar-refractivity contribution in [2.75, 3.05) is 14.2 Å². The van der Waals surface area contributed by atoms with Crippen LogP contribution in [0.5, 0.6) is 0 Å². The Morgan fingerprint density at radius 2 is 1.96 bits per heavy atom. The van der Waals surface area contributed by atoms with Gasteiger partial charge < -0.3 is 10.1 Å². The van der Waals surface area contributed by atoms with E-state index in [1.165, 1.54) is 50.6 Å². The summed E-state index contributed by atoms with van der Waals surface area (Å²) in [4.78, 5) is 12.7. The molecule has 2 heterocycles. The molecule has 0 amide bonds. The first-order chi connectivity index (χ1) is 12.7. The number of tetrazole rings is 1. The van der Waals surface area contributed by atoms with Crippen molar-refractivity contribution in [3.63, 3.8) is 0 Å². The molecule has 2 aromatic heterocycles. The third-order valence-electron chi connectivity index (χ3n) is 6.92. The molecule has 4 fully saturated rings. The summed E-state index contributed by atoms with van der Waals surface area (Å²) in [5.41, 5.74) is 0.497. The van der Waals surface area contributed by atoms with E-state index >= 15 is 0 Å². The minimum Gasteiger partial charge on any atom is -0.465 e. The van der Waals surface area contributed by atoms with Crippen molar-refractivity contribution < 1.29 is 9.53 Å². The fourth-order valence-corrected chi connectivity index (χ4v) is 6.92. The Labute approximate surface area is 156 Å². The molecule has 26 heavy (non-hydrogen) atoms. The molecule has 2 aromatic rings. The van der Waals surface area contributed by atoms with Crippen LogP contribution in [0.25, 0.3) is 5.69 Å². The van der Waals surface area contributed by atoms with Gasteiger partial charge in [-0.25, -0.2) is 4.79 Å². The minimum atomic E-state index is -0.347. The number of aromatic nitrogens is 4. The molecular weight excluding hydrogens is 350 g/mol. The van der Waals surface area contributed by atoms with Crippen LogP contribution < -0.4 is 5.32 Å². The molecule has 0 atom stereocenters. The second-order valence-corrected chi connectivity index (χ2v) is 8.88. The van der Waals surface area contributed by atoms with Crippen LogP contribution >= 0.6 is 11.3 Å². The monoisotopic (exact) mass is 373 g/mol. The van der Waals surface area contributed by atoms with Gasteiger partial charge in [0.25, 0.3) is 0 Å². The Morgan fingerprint density at radius 1 is 1.27 bits per heavy atom. The molecule has 1 N–H and O–H groups in total. The van der Waals surface area contributed by atoms with E-state index in [-0.39, 0.29) is 11.5 Å². The number of nitrogens with zero attached hydrogens (tertiary/aromatic N) is 4. The molecule has 0 saturated heterocycles. The zero-order valence-electron chi connectivity index (χ0n) is 15.0. The molecule has 0 spiro atoms. The van der Waals surface area contributed by atoms with Crippen molar-refractivity contribution in [1.82, 2.24) is 25.5 Å². The lowest BCUT2D eigenvalue weighted by atomic mass is 9.48. The van der Waals surface area contributed by atoms with E-state index in [2.05, 4.69) is 20.8 Å². The van der Waals surface area contributed by atoms with Gasteiger partial charge in [0, 0.05) is 0 Å². The SMILES string of the molecule is CNC1(c2nnnn2-c2ccsc2C(=O)OC)C2CC3CC(C2)CC1C3. The maximum absolute atomic E-state index is 12.2. The maximum Gasteiger partial charge on any atom is 0.350 e. The molecule has 4 saturated carbocycles. The van der Waals surface area contributed by atoms with Gasteiger partial charge in [0.1, 0.15) is 4.88 Å². The van der Waals surface area contributed by atoms with Gasteiger partial charge in [-0.05, 0) is 84.7 Å².